The van der Waals surface area contributed by atoms with Gasteiger partial charge in [0, 0.05) is 17.7 Å². The lowest BCUT2D eigenvalue weighted by atomic mass is 9.89. The average molecular weight is 229 g/mol. The molecule has 0 saturated carbocycles. The van der Waals surface area contributed by atoms with Crippen LogP contribution in [0.25, 0.3) is 0 Å². The lowest BCUT2D eigenvalue weighted by Crippen LogP contribution is -2.36. The summed E-state index contributed by atoms with van der Waals surface area (Å²) in [7, 11) is 0. The van der Waals surface area contributed by atoms with Crippen LogP contribution in [-0.2, 0) is 16.8 Å². The van der Waals surface area contributed by atoms with Gasteiger partial charge in [-0.3, -0.25) is 4.79 Å². The van der Waals surface area contributed by atoms with Gasteiger partial charge in [-0.15, -0.1) is 0 Å². The Bertz CT molecular complexity index is 562. The largest absolute Gasteiger partial charge is 0.472 e. The Morgan fingerprint density at radius 2 is 2.12 bits per heavy atom. The monoisotopic (exact) mass is 229 g/mol. The Balaban J connectivity index is 2.04. The van der Waals surface area contributed by atoms with E-state index in [4.69, 9.17) is 4.42 Å². The summed E-state index contributed by atoms with van der Waals surface area (Å²) in [6, 6.07) is 8.90. The molecule has 0 spiro atoms. The van der Waals surface area contributed by atoms with E-state index in [9.17, 15) is 9.90 Å². The quantitative estimate of drug-likeness (QED) is 0.823. The molecule has 4 heteroatoms. The fourth-order valence-corrected chi connectivity index (χ4v) is 2.16. The molecule has 0 saturated heterocycles. The van der Waals surface area contributed by atoms with Crippen LogP contribution in [0.4, 0.5) is 5.69 Å². The lowest BCUT2D eigenvalue weighted by molar-refractivity contribution is -0.133. The molecule has 1 aromatic heterocycles. The molecule has 0 bridgehead atoms. The SMILES string of the molecule is O=C1Nc2ccccc2C1(O)Cc1ccoc1. The minimum Gasteiger partial charge on any atom is -0.472 e. The summed E-state index contributed by atoms with van der Waals surface area (Å²) in [5.74, 6) is -0.389. The predicted molar refractivity (Wildman–Crippen MR) is 61.4 cm³/mol. The Morgan fingerprint density at radius 1 is 1.29 bits per heavy atom. The Kier molecular flexibility index (Phi) is 2.06. The molecule has 0 radical (unpaired) electrons. The zero-order chi connectivity index (χ0) is 11.9. The normalized spacial score (nSPS) is 22.3. The van der Waals surface area contributed by atoms with Crippen molar-refractivity contribution in [2.75, 3.05) is 5.32 Å². The van der Waals surface area contributed by atoms with E-state index in [0.717, 1.165) is 5.56 Å². The predicted octanol–water partition coefficient (Wildman–Crippen LogP) is 1.66. The van der Waals surface area contributed by atoms with Gasteiger partial charge in [0.2, 0.25) is 0 Å². The number of benzene rings is 1. The molecule has 4 nitrogen and oxygen atoms in total. The second-order valence-corrected chi connectivity index (χ2v) is 4.17. The molecule has 1 aliphatic rings. The molecular formula is C13H11NO3. The smallest absolute Gasteiger partial charge is 0.261 e. The van der Waals surface area contributed by atoms with E-state index >= 15 is 0 Å². The molecule has 86 valence electrons. The first kappa shape index (κ1) is 10.1. The topological polar surface area (TPSA) is 62.5 Å². The van der Waals surface area contributed by atoms with Crippen LogP contribution < -0.4 is 5.32 Å². The van der Waals surface area contributed by atoms with Crippen LogP contribution in [0, 0.1) is 0 Å². The van der Waals surface area contributed by atoms with Crippen molar-refractivity contribution in [3.63, 3.8) is 0 Å². The number of amides is 1. The lowest BCUT2D eigenvalue weighted by Gasteiger charge is -2.19. The summed E-state index contributed by atoms with van der Waals surface area (Å²) >= 11 is 0. The second-order valence-electron chi connectivity index (χ2n) is 4.17. The van der Waals surface area contributed by atoms with Crippen molar-refractivity contribution in [2.45, 2.75) is 12.0 Å². The average Bonchev–Trinajstić information content (AvgIpc) is 2.89. The summed E-state index contributed by atoms with van der Waals surface area (Å²) in [4.78, 5) is 11.9. The first-order valence-electron chi connectivity index (χ1n) is 5.34. The number of aliphatic hydroxyl groups is 1. The molecule has 17 heavy (non-hydrogen) atoms. The molecule has 1 unspecified atom stereocenters. The highest BCUT2D eigenvalue weighted by Crippen LogP contribution is 2.37. The number of furan rings is 1. The fourth-order valence-electron chi connectivity index (χ4n) is 2.16. The molecule has 1 amide bonds. The standard InChI is InChI=1S/C13H11NO3/c15-12-13(16,7-9-5-6-17-8-9)10-3-1-2-4-11(10)14-12/h1-6,8,16H,7H2,(H,14,15). The zero-order valence-corrected chi connectivity index (χ0v) is 9.01. The van der Waals surface area contributed by atoms with Crippen LogP contribution in [0.15, 0.2) is 47.3 Å². The summed E-state index contributed by atoms with van der Waals surface area (Å²) in [5.41, 5.74) is 0.578. The maximum Gasteiger partial charge on any atom is 0.261 e. The fraction of sp³-hybridized carbons (Fsp3) is 0.154. The molecule has 0 aliphatic carbocycles. The molecule has 0 fully saturated rings. The molecule has 2 N–H and O–H groups in total. The van der Waals surface area contributed by atoms with Gasteiger partial charge < -0.3 is 14.8 Å². The van der Waals surface area contributed by atoms with Crippen molar-refractivity contribution in [3.05, 3.63) is 54.0 Å². The maximum absolute atomic E-state index is 11.9. The van der Waals surface area contributed by atoms with Gasteiger partial charge in [-0.1, -0.05) is 18.2 Å². The van der Waals surface area contributed by atoms with Gasteiger partial charge in [0.25, 0.3) is 5.91 Å². The van der Waals surface area contributed by atoms with E-state index in [1.807, 2.05) is 6.07 Å². The maximum atomic E-state index is 11.9. The number of carbonyl (C=O) groups excluding carboxylic acids is 1. The van der Waals surface area contributed by atoms with Crippen LogP contribution in [0.2, 0.25) is 0 Å². The number of hydrogen-bond donors (Lipinski definition) is 2. The van der Waals surface area contributed by atoms with Gasteiger partial charge in [-0.05, 0) is 17.7 Å². The van der Waals surface area contributed by atoms with Crippen LogP contribution in [-0.4, -0.2) is 11.0 Å². The van der Waals surface area contributed by atoms with Gasteiger partial charge in [-0.2, -0.15) is 0 Å². The molecular weight excluding hydrogens is 218 g/mol. The third-order valence-electron chi connectivity index (χ3n) is 3.04. The van der Waals surface area contributed by atoms with Crippen LogP contribution in [0.1, 0.15) is 11.1 Å². The van der Waals surface area contributed by atoms with Gasteiger partial charge >= 0.3 is 0 Å². The van der Waals surface area contributed by atoms with E-state index in [2.05, 4.69) is 5.32 Å². The first-order chi connectivity index (χ1) is 8.20. The molecule has 2 heterocycles. The highest BCUT2D eigenvalue weighted by atomic mass is 16.3. The minimum absolute atomic E-state index is 0.215. The summed E-state index contributed by atoms with van der Waals surface area (Å²) in [5, 5.41) is 13.2. The van der Waals surface area contributed by atoms with Crippen molar-refractivity contribution in [1.82, 2.24) is 0 Å². The summed E-state index contributed by atoms with van der Waals surface area (Å²) in [6.07, 6.45) is 3.27. The van der Waals surface area contributed by atoms with Crippen molar-refractivity contribution in [3.8, 4) is 0 Å². The molecule has 2 aromatic rings. The van der Waals surface area contributed by atoms with Crippen molar-refractivity contribution in [1.29, 1.82) is 0 Å². The van der Waals surface area contributed by atoms with Crippen LogP contribution in [0.3, 0.4) is 0 Å². The molecule has 3 rings (SSSR count). The highest BCUT2D eigenvalue weighted by molar-refractivity contribution is 6.05. The van der Waals surface area contributed by atoms with Gasteiger partial charge in [0.15, 0.2) is 5.60 Å². The van der Waals surface area contributed by atoms with Crippen LogP contribution >= 0.6 is 0 Å². The number of rotatable bonds is 2. The number of hydrogen-bond acceptors (Lipinski definition) is 3. The second kappa shape index (κ2) is 3.46. The van der Waals surface area contributed by atoms with E-state index in [1.54, 1.807) is 24.3 Å². The third-order valence-corrected chi connectivity index (χ3v) is 3.04. The van der Waals surface area contributed by atoms with Crippen molar-refractivity contribution >= 4 is 11.6 Å². The van der Waals surface area contributed by atoms with Gasteiger partial charge in [-0.25, -0.2) is 0 Å². The zero-order valence-electron chi connectivity index (χ0n) is 9.01. The molecule has 1 aliphatic heterocycles. The number of nitrogens with one attached hydrogen (secondary N) is 1. The summed E-state index contributed by atoms with van der Waals surface area (Å²) < 4.78 is 4.95. The number of fused-ring (bicyclic) bond motifs is 1. The van der Waals surface area contributed by atoms with Gasteiger partial charge in [0.05, 0.1) is 12.5 Å². The molecule has 1 aromatic carbocycles. The number of para-hydroxylation sites is 1. The molecule has 1 atom stereocenters. The van der Waals surface area contributed by atoms with Gasteiger partial charge in [0.1, 0.15) is 0 Å². The Labute approximate surface area is 97.9 Å². The summed E-state index contributed by atoms with van der Waals surface area (Å²) in [6.45, 7) is 0. The minimum atomic E-state index is -1.50. The van der Waals surface area contributed by atoms with Crippen molar-refractivity contribution < 1.29 is 14.3 Å². The Morgan fingerprint density at radius 3 is 2.88 bits per heavy atom. The van der Waals surface area contributed by atoms with E-state index in [0.29, 0.717) is 11.3 Å². The van der Waals surface area contributed by atoms with E-state index in [-0.39, 0.29) is 12.3 Å². The van der Waals surface area contributed by atoms with E-state index < -0.39 is 5.60 Å². The highest BCUT2D eigenvalue weighted by Gasteiger charge is 2.45. The number of anilines is 1. The first-order valence-corrected chi connectivity index (χ1v) is 5.34. The van der Waals surface area contributed by atoms with Crippen molar-refractivity contribution in [2.24, 2.45) is 0 Å². The van der Waals surface area contributed by atoms with Crippen LogP contribution in [0.5, 0.6) is 0 Å². The van der Waals surface area contributed by atoms with E-state index in [1.165, 1.54) is 12.5 Å². The number of carbonyl (C=O) groups is 1. The Hall–Kier alpha value is -2.07. The third kappa shape index (κ3) is 1.45.